The summed E-state index contributed by atoms with van der Waals surface area (Å²) in [5, 5.41) is 10.6. The normalized spacial score (nSPS) is 10.8. The molecule has 0 aliphatic heterocycles. The Balaban J connectivity index is 1.90. The highest BCUT2D eigenvalue weighted by atomic mass is 35.5. The van der Waals surface area contributed by atoms with E-state index in [-0.39, 0.29) is 6.61 Å². The molecule has 0 atom stereocenters. The molecule has 3 heterocycles. The summed E-state index contributed by atoms with van der Waals surface area (Å²) >= 11 is 5.96. The van der Waals surface area contributed by atoms with Crippen molar-refractivity contribution in [2.45, 2.75) is 6.61 Å². The molecule has 0 aromatic carbocycles. The number of hydrogen-bond donors (Lipinski definition) is 2. The summed E-state index contributed by atoms with van der Waals surface area (Å²) in [6, 6.07) is 5.21. The molecule has 8 heteroatoms. The van der Waals surface area contributed by atoms with Gasteiger partial charge in [-0.15, -0.1) is 5.10 Å². The molecule has 0 amide bonds. The Hall–Kier alpha value is -2.41. The first kappa shape index (κ1) is 11.7. The fourth-order valence-electron chi connectivity index (χ4n) is 1.62. The van der Waals surface area contributed by atoms with Gasteiger partial charge in [-0.25, -0.2) is 15.1 Å². The number of hydrogen-bond acceptors (Lipinski definition) is 6. The van der Waals surface area contributed by atoms with Gasteiger partial charge in [-0.1, -0.05) is 22.9 Å². The number of nitrogens with zero attached hydrogens (tertiary/aromatic N) is 4. The van der Waals surface area contributed by atoms with Gasteiger partial charge >= 0.3 is 0 Å². The number of nitrogen functional groups attached to an aromatic ring is 1. The predicted octanol–water partition coefficient (Wildman–Crippen LogP) is 1.56. The van der Waals surface area contributed by atoms with Crippen LogP contribution in [0.2, 0.25) is 5.15 Å². The maximum absolute atomic E-state index is 5.96. The van der Waals surface area contributed by atoms with E-state index in [1.807, 2.05) is 6.07 Å². The minimum Gasteiger partial charge on any atom is -0.486 e. The number of H-pyrrole nitrogens is 1. The summed E-state index contributed by atoms with van der Waals surface area (Å²) < 4.78 is 5.66. The predicted molar refractivity (Wildman–Crippen MR) is 69.7 cm³/mol. The van der Waals surface area contributed by atoms with E-state index >= 15 is 0 Å². The van der Waals surface area contributed by atoms with E-state index < -0.39 is 0 Å². The van der Waals surface area contributed by atoms with Crippen molar-refractivity contribution in [2.75, 3.05) is 5.73 Å². The molecule has 7 nitrogen and oxygen atoms in total. The van der Waals surface area contributed by atoms with Crippen LogP contribution in [0.15, 0.2) is 24.4 Å². The Kier molecular flexibility index (Phi) is 2.88. The van der Waals surface area contributed by atoms with Gasteiger partial charge in [0.1, 0.15) is 17.6 Å². The lowest BCUT2D eigenvalue weighted by Gasteiger charge is -2.07. The van der Waals surface area contributed by atoms with Gasteiger partial charge in [-0.3, -0.25) is 0 Å². The minimum atomic E-state index is 0.262. The molecular weight excluding hydrogens is 268 g/mol. The number of aromatic amines is 1. The van der Waals surface area contributed by atoms with Crippen LogP contribution in [0.4, 0.5) is 5.82 Å². The quantitative estimate of drug-likeness (QED) is 0.704. The Morgan fingerprint density at radius 1 is 1.42 bits per heavy atom. The molecule has 3 aromatic rings. The smallest absolute Gasteiger partial charge is 0.181 e. The average Bonchev–Trinajstić information content (AvgIpc) is 2.85. The number of aromatic nitrogens is 5. The van der Waals surface area contributed by atoms with Crippen LogP contribution in [0, 0.1) is 0 Å². The van der Waals surface area contributed by atoms with Crippen molar-refractivity contribution in [3.63, 3.8) is 0 Å². The Bertz CT molecular complexity index is 728. The lowest BCUT2D eigenvalue weighted by molar-refractivity contribution is 0.309. The fraction of sp³-hybridized carbons (Fsp3) is 0.0909. The van der Waals surface area contributed by atoms with Crippen molar-refractivity contribution >= 4 is 28.6 Å². The monoisotopic (exact) mass is 276 g/mol. The van der Waals surface area contributed by atoms with Crippen LogP contribution in [0.5, 0.6) is 5.75 Å². The van der Waals surface area contributed by atoms with E-state index in [1.165, 1.54) is 0 Å². The second-order valence-electron chi connectivity index (χ2n) is 3.80. The zero-order valence-electron chi connectivity index (χ0n) is 9.67. The Labute approximate surface area is 112 Å². The van der Waals surface area contributed by atoms with Gasteiger partial charge in [0.15, 0.2) is 16.9 Å². The number of fused-ring (bicyclic) bond motifs is 1. The lowest BCUT2D eigenvalue weighted by atomic mass is 10.3. The highest BCUT2D eigenvalue weighted by Crippen LogP contribution is 2.24. The molecule has 3 rings (SSSR count). The second-order valence-corrected chi connectivity index (χ2v) is 4.15. The number of pyridine rings is 2. The van der Waals surface area contributed by atoms with Gasteiger partial charge in [0, 0.05) is 17.8 Å². The Morgan fingerprint density at radius 2 is 2.32 bits per heavy atom. The van der Waals surface area contributed by atoms with Crippen molar-refractivity contribution in [2.24, 2.45) is 0 Å². The van der Waals surface area contributed by atoms with Crippen LogP contribution in [0.1, 0.15) is 5.56 Å². The number of ether oxygens (including phenoxy) is 1. The summed E-state index contributed by atoms with van der Waals surface area (Å²) in [6.45, 7) is 0.262. The van der Waals surface area contributed by atoms with E-state index in [1.54, 1.807) is 18.3 Å². The molecule has 0 saturated heterocycles. The highest BCUT2D eigenvalue weighted by Gasteiger charge is 2.10. The largest absolute Gasteiger partial charge is 0.486 e. The number of halogens is 1. The fourth-order valence-corrected chi connectivity index (χ4v) is 1.80. The van der Waals surface area contributed by atoms with Gasteiger partial charge in [-0.05, 0) is 6.07 Å². The summed E-state index contributed by atoms with van der Waals surface area (Å²) in [6.07, 6.45) is 1.62. The molecule has 19 heavy (non-hydrogen) atoms. The van der Waals surface area contributed by atoms with E-state index in [2.05, 4.69) is 25.4 Å². The second kappa shape index (κ2) is 4.69. The summed E-state index contributed by atoms with van der Waals surface area (Å²) in [5.74, 6) is 0.821. The van der Waals surface area contributed by atoms with Crippen LogP contribution < -0.4 is 10.5 Å². The van der Waals surface area contributed by atoms with Crippen molar-refractivity contribution < 1.29 is 4.74 Å². The maximum Gasteiger partial charge on any atom is 0.181 e. The third-order valence-electron chi connectivity index (χ3n) is 2.50. The summed E-state index contributed by atoms with van der Waals surface area (Å²) in [4.78, 5) is 8.02. The van der Waals surface area contributed by atoms with Gasteiger partial charge in [0.2, 0.25) is 0 Å². The zero-order chi connectivity index (χ0) is 13.2. The third-order valence-corrected chi connectivity index (χ3v) is 2.84. The first-order valence-electron chi connectivity index (χ1n) is 5.43. The van der Waals surface area contributed by atoms with Crippen LogP contribution in [-0.2, 0) is 6.61 Å². The van der Waals surface area contributed by atoms with Gasteiger partial charge in [0.25, 0.3) is 0 Å². The maximum atomic E-state index is 5.96. The van der Waals surface area contributed by atoms with Crippen molar-refractivity contribution in [1.29, 1.82) is 0 Å². The highest BCUT2D eigenvalue weighted by molar-refractivity contribution is 6.30. The molecule has 0 unspecified atom stereocenters. The molecule has 0 aliphatic carbocycles. The Morgan fingerprint density at radius 3 is 3.16 bits per heavy atom. The third kappa shape index (κ3) is 2.27. The molecule has 0 aliphatic rings. The number of rotatable bonds is 3. The molecule has 0 fully saturated rings. The molecule has 3 N–H and O–H groups in total. The lowest BCUT2D eigenvalue weighted by Crippen LogP contribution is -2.00. The number of nitrogens with two attached hydrogens (primary N) is 1. The van der Waals surface area contributed by atoms with Gasteiger partial charge in [-0.2, -0.15) is 0 Å². The molecule has 0 radical (unpaired) electrons. The first-order chi connectivity index (χ1) is 9.24. The molecule has 0 spiro atoms. The standard InChI is InChI=1S/C11H9ClN6O/c12-10-6(2-1-3-14-10)5-19-7-4-8(13)15-11-9(7)16-18-17-11/h1-4H,5H2,(H3,13,15,16,17,18). The molecule has 0 bridgehead atoms. The van der Waals surface area contributed by atoms with E-state index in [4.69, 9.17) is 22.1 Å². The van der Waals surface area contributed by atoms with Crippen molar-refractivity contribution in [3.05, 3.63) is 35.1 Å². The first-order valence-corrected chi connectivity index (χ1v) is 5.81. The van der Waals surface area contributed by atoms with Crippen molar-refractivity contribution in [3.8, 4) is 5.75 Å². The molecule has 3 aromatic heterocycles. The zero-order valence-corrected chi connectivity index (χ0v) is 10.4. The van der Waals surface area contributed by atoms with E-state index in [0.717, 1.165) is 5.56 Å². The van der Waals surface area contributed by atoms with Crippen molar-refractivity contribution in [1.82, 2.24) is 25.4 Å². The topological polar surface area (TPSA) is 103 Å². The number of anilines is 1. The van der Waals surface area contributed by atoms with Crippen LogP contribution in [0.25, 0.3) is 11.2 Å². The summed E-state index contributed by atoms with van der Waals surface area (Å²) in [7, 11) is 0. The van der Waals surface area contributed by atoms with E-state index in [0.29, 0.717) is 27.9 Å². The summed E-state index contributed by atoms with van der Waals surface area (Å²) in [5.41, 5.74) is 7.45. The molecule has 0 saturated carbocycles. The molecular formula is C11H9ClN6O. The van der Waals surface area contributed by atoms with Gasteiger partial charge in [0.05, 0.1) is 0 Å². The van der Waals surface area contributed by atoms with Crippen LogP contribution >= 0.6 is 11.6 Å². The van der Waals surface area contributed by atoms with Crippen LogP contribution in [-0.4, -0.2) is 25.4 Å². The van der Waals surface area contributed by atoms with E-state index in [9.17, 15) is 0 Å². The number of nitrogens with one attached hydrogen (secondary N) is 1. The average molecular weight is 277 g/mol. The van der Waals surface area contributed by atoms with Gasteiger partial charge < -0.3 is 10.5 Å². The SMILES string of the molecule is Nc1cc(OCc2cccnc2Cl)c2nn[nH]c2n1. The molecule has 96 valence electrons. The minimum absolute atomic E-state index is 0.262. The van der Waals surface area contributed by atoms with Crippen LogP contribution in [0.3, 0.4) is 0 Å².